The molecule has 3 fully saturated rings. The summed E-state index contributed by atoms with van der Waals surface area (Å²) in [6.45, 7) is 6.20. The lowest BCUT2D eigenvalue weighted by Gasteiger charge is -2.56. The average molecular weight is 446 g/mol. The van der Waals surface area contributed by atoms with Crippen molar-refractivity contribution in [3.05, 3.63) is 35.9 Å². The molecule has 2 bridgehead atoms. The van der Waals surface area contributed by atoms with Gasteiger partial charge in [0.1, 0.15) is 0 Å². The Hall–Kier alpha value is -2.45. The third kappa shape index (κ3) is 6.29. The van der Waals surface area contributed by atoms with Crippen LogP contribution in [-0.2, 0) is 25.7 Å². The second-order valence-corrected chi connectivity index (χ2v) is 8.92. The van der Waals surface area contributed by atoms with E-state index in [-0.39, 0.29) is 24.3 Å². The normalized spacial score (nSPS) is 27.0. The predicted molar refractivity (Wildman–Crippen MR) is 120 cm³/mol. The molecule has 4 rings (SSSR count). The number of carbonyl (C=O) groups is 3. The molecule has 8 nitrogen and oxygen atoms in total. The van der Waals surface area contributed by atoms with Crippen LogP contribution in [0.2, 0.25) is 0 Å². The number of nitrogens with zero attached hydrogens (tertiary/aromatic N) is 2. The number of ether oxygens (including phenoxy) is 1. The summed E-state index contributed by atoms with van der Waals surface area (Å²) in [6.07, 6.45) is 3.91. The zero-order chi connectivity index (χ0) is 22.9. The molecule has 3 saturated heterocycles. The highest BCUT2D eigenvalue weighted by Crippen LogP contribution is 2.41. The van der Waals surface area contributed by atoms with E-state index in [9.17, 15) is 9.59 Å². The van der Waals surface area contributed by atoms with Gasteiger partial charge in [0.25, 0.3) is 6.47 Å². The topological polar surface area (TPSA) is 99.2 Å². The standard InChI is InChI=1S/C23H33N3O3.CH2O2/c1-17(27)24-13-22-20-12-19(21-8-5-9-23(28)26(21)22)14-25(15-20)10-11-29-16-18-6-3-2-4-7-18;2-1-3/h2-4,6-7,19-22H,5,8-16H2,1H3,(H,24,27);1H,(H,2,3)/t19-,20+,21+,22+;/m1./s1. The van der Waals surface area contributed by atoms with Crippen LogP contribution in [0.4, 0.5) is 0 Å². The zero-order valence-electron chi connectivity index (χ0n) is 18.8. The van der Waals surface area contributed by atoms with Crippen molar-refractivity contribution in [1.29, 1.82) is 0 Å². The molecule has 4 atom stereocenters. The van der Waals surface area contributed by atoms with Crippen molar-refractivity contribution in [3.8, 4) is 0 Å². The van der Waals surface area contributed by atoms with Crippen molar-refractivity contribution >= 4 is 18.3 Å². The van der Waals surface area contributed by atoms with Crippen LogP contribution in [0, 0.1) is 11.8 Å². The summed E-state index contributed by atoms with van der Waals surface area (Å²) in [5.74, 6) is 1.23. The van der Waals surface area contributed by atoms with E-state index < -0.39 is 0 Å². The second-order valence-electron chi connectivity index (χ2n) is 8.92. The fourth-order valence-corrected chi connectivity index (χ4v) is 5.52. The maximum absolute atomic E-state index is 12.7. The first-order valence-corrected chi connectivity index (χ1v) is 11.5. The van der Waals surface area contributed by atoms with Crippen molar-refractivity contribution in [3.63, 3.8) is 0 Å². The van der Waals surface area contributed by atoms with Crippen molar-refractivity contribution < 1.29 is 24.2 Å². The number of hydrogen-bond donors (Lipinski definition) is 2. The first-order valence-electron chi connectivity index (χ1n) is 11.5. The molecule has 1 aromatic carbocycles. The molecule has 32 heavy (non-hydrogen) atoms. The van der Waals surface area contributed by atoms with Crippen LogP contribution in [0.5, 0.6) is 0 Å². The third-order valence-electron chi connectivity index (χ3n) is 6.80. The summed E-state index contributed by atoms with van der Waals surface area (Å²) in [4.78, 5) is 37.3. The molecule has 8 heteroatoms. The Labute approximate surface area is 189 Å². The molecule has 2 N–H and O–H groups in total. The summed E-state index contributed by atoms with van der Waals surface area (Å²) < 4.78 is 5.91. The first-order chi connectivity index (χ1) is 15.5. The van der Waals surface area contributed by atoms with E-state index in [0.29, 0.717) is 37.5 Å². The number of carboxylic acid groups (broad SMARTS) is 1. The molecule has 176 valence electrons. The van der Waals surface area contributed by atoms with E-state index in [1.54, 1.807) is 6.92 Å². The van der Waals surface area contributed by atoms with Gasteiger partial charge in [0.15, 0.2) is 0 Å². The van der Waals surface area contributed by atoms with Gasteiger partial charge in [-0.15, -0.1) is 0 Å². The highest BCUT2D eigenvalue weighted by Gasteiger charge is 2.49. The van der Waals surface area contributed by atoms with E-state index in [0.717, 1.165) is 39.1 Å². The molecule has 3 heterocycles. The van der Waals surface area contributed by atoms with Crippen molar-refractivity contribution in [2.45, 2.75) is 51.3 Å². The van der Waals surface area contributed by atoms with E-state index in [4.69, 9.17) is 14.6 Å². The molecule has 3 aliphatic rings. The van der Waals surface area contributed by atoms with Crippen molar-refractivity contribution in [1.82, 2.24) is 15.1 Å². The summed E-state index contributed by atoms with van der Waals surface area (Å²) >= 11 is 0. The van der Waals surface area contributed by atoms with Gasteiger partial charge in [0.2, 0.25) is 11.8 Å². The maximum Gasteiger partial charge on any atom is 0.290 e. The lowest BCUT2D eigenvalue weighted by atomic mass is 9.72. The minimum atomic E-state index is -0.250. The molecule has 0 radical (unpaired) electrons. The minimum Gasteiger partial charge on any atom is -0.483 e. The van der Waals surface area contributed by atoms with E-state index in [1.165, 1.54) is 12.0 Å². The van der Waals surface area contributed by atoms with E-state index in [1.807, 2.05) is 18.2 Å². The molecule has 2 amide bonds. The Bertz CT molecular complexity index is 759. The quantitative estimate of drug-likeness (QED) is 0.490. The second kappa shape index (κ2) is 12.0. The Morgan fingerprint density at radius 2 is 1.97 bits per heavy atom. The van der Waals surface area contributed by atoms with Gasteiger partial charge in [-0.05, 0) is 36.7 Å². The number of piperidine rings is 3. The number of nitrogens with one attached hydrogen (secondary N) is 1. The predicted octanol–water partition coefficient (Wildman–Crippen LogP) is 1.74. The number of hydrogen-bond acceptors (Lipinski definition) is 5. The lowest BCUT2D eigenvalue weighted by molar-refractivity contribution is -0.153. The molecule has 0 unspecified atom stereocenters. The van der Waals surface area contributed by atoms with Crippen LogP contribution in [0.3, 0.4) is 0 Å². The van der Waals surface area contributed by atoms with Gasteiger partial charge >= 0.3 is 0 Å². The lowest BCUT2D eigenvalue weighted by Crippen LogP contribution is -2.67. The minimum absolute atomic E-state index is 0.0184. The largest absolute Gasteiger partial charge is 0.483 e. The number of fused-ring (bicyclic) bond motifs is 4. The number of amides is 2. The zero-order valence-corrected chi connectivity index (χ0v) is 18.8. The van der Waals surface area contributed by atoms with Gasteiger partial charge in [-0.25, -0.2) is 0 Å². The summed E-state index contributed by atoms with van der Waals surface area (Å²) in [7, 11) is 0. The highest BCUT2D eigenvalue weighted by atomic mass is 16.5. The monoisotopic (exact) mass is 445 g/mol. The molecule has 3 aliphatic heterocycles. The van der Waals surface area contributed by atoms with E-state index >= 15 is 0 Å². The van der Waals surface area contributed by atoms with Crippen LogP contribution in [-0.4, -0.2) is 78.1 Å². The van der Waals surface area contributed by atoms with Crippen molar-refractivity contribution in [2.75, 3.05) is 32.8 Å². The number of benzene rings is 1. The molecule has 1 aromatic rings. The van der Waals surface area contributed by atoms with Crippen LogP contribution >= 0.6 is 0 Å². The Morgan fingerprint density at radius 1 is 1.25 bits per heavy atom. The van der Waals surface area contributed by atoms with Crippen LogP contribution in [0.15, 0.2) is 30.3 Å². The fraction of sp³-hybridized carbons (Fsp3) is 0.625. The van der Waals surface area contributed by atoms with Gasteiger partial charge in [-0.1, -0.05) is 30.3 Å². The third-order valence-corrected chi connectivity index (χ3v) is 6.80. The van der Waals surface area contributed by atoms with Crippen molar-refractivity contribution in [2.24, 2.45) is 11.8 Å². The molecule has 0 saturated carbocycles. The maximum atomic E-state index is 12.7. The Morgan fingerprint density at radius 3 is 2.69 bits per heavy atom. The SMILES string of the molecule is CC(=O)NC[C@H]1[C@H]2C[C@H](CN(CCOCc3ccccc3)C2)[C@@H]2CCCC(=O)N21.O=CO. The Balaban J connectivity index is 0.000000913. The molecular weight excluding hydrogens is 410 g/mol. The van der Waals surface area contributed by atoms with Gasteiger partial charge in [0, 0.05) is 45.6 Å². The summed E-state index contributed by atoms with van der Waals surface area (Å²) in [6, 6.07) is 10.7. The van der Waals surface area contributed by atoms with Crippen LogP contribution in [0.25, 0.3) is 0 Å². The molecule has 0 aliphatic carbocycles. The number of carbonyl (C=O) groups excluding carboxylic acids is 2. The smallest absolute Gasteiger partial charge is 0.290 e. The van der Waals surface area contributed by atoms with Gasteiger partial charge in [-0.3, -0.25) is 14.4 Å². The highest BCUT2D eigenvalue weighted by molar-refractivity contribution is 5.78. The number of likely N-dealkylation sites (tertiary alicyclic amines) is 1. The average Bonchev–Trinajstić information content (AvgIpc) is 2.78. The number of rotatable bonds is 7. The Kier molecular flexibility index (Phi) is 9.05. The first kappa shape index (κ1) is 24.2. The fourth-order valence-electron chi connectivity index (χ4n) is 5.52. The van der Waals surface area contributed by atoms with Gasteiger partial charge in [-0.2, -0.15) is 0 Å². The van der Waals surface area contributed by atoms with Crippen LogP contribution in [0.1, 0.15) is 38.2 Å². The van der Waals surface area contributed by atoms with E-state index in [2.05, 4.69) is 27.2 Å². The molecule has 0 aromatic heterocycles. The van der Waals surface area contributed by atoms with Gasteiger partial charge < -0.3 is 25.0 Å². The van der Waals surface area contributed by atoms with Crippen LogP contribution < -0.4 is 5.32 Å². The molecule has 0 spiro atoms. The van der Waals surface area contributed by atoms with Gasteiger partial charge in [0.05, 0.1) is 19.3 Å². The molecular formula is C24H35N3O5. The summed E-state index contributed by atoms with van der Waals surface area (Å²) in [5, 5.41) is 9.87. The summed E-state index contributed by atoms with van der Waals surface area (Å²) in [5.41, 5.74) is 1.20.